The summed E-state index contributed by atoms with van der Waals surface area (Å²) in [6, 6.07) is 0. The summed E-state index contributed by atoms with van der Waals surface area (Å²) < 4.78 is 0. The number of allylic oxidation sites excluding steroid dienone is 3. The summed E-state index contributed by atoms with van der Waals surface area (Å²) in [5, 5.41) is 8.91. The summed E-state index contributed by atoms with van der Waals surface area (Å²) in [5.74, 6) is -0.129. The van der Waals surface area contributed by atoms with Crippen LogP contribution in [0.5, 0.6) is 0 Å². The molecule has 0 fully saturated rings. The molecule has 22 heavy (non-hydrogen) atoms. The van der Waals surface area contributed by atoms with Crippen molar-refractivity contribution in [2.24, 2.45) is 16.7 Å². The van der Waals surface area contributed by atoms with E-state index in [4.69, 9.17) is 5.11 Å². The van der Waals surface area contributed by atoms with Gasteiger partial charge in [-0.25, -0.2) is 4.79 Å². The molecule has 0 aromatic carbocycles. The molecule has 2 nitrogen and oxygen atoms in total. The van der Waals surface area contributed by atoms with E-state index in [0.717, 1.165) is 18.4 Å². The Labute approximate surface area is 135 Å². The standard InChI is InChI=1S/C20H32O2/c1-14(13-18(21)22)10-12-20(5)15(2)8-9-16-17(20)7-6-11-19(16,3)4/h13,15H,6-12H2,1-5H3,(H,21,22). The van der Waals surface area contributed by atoms with Crippen LogP contribution in [-0.4, -0.2) is 11.1 Å². The monoisotopic (exact) mass is 304 g/mol. The van der Waals surface area contributed by atoms with E-state index in [-0.39, 0.29) is 5.41 Å². The molecule has 124 valence electrons. The minimum Gasteiger partial charge on any atom is -0.478 e. The number of carbonyl (C=O) groups is 1. The van der Waals surface area contributed by atoms with Crippen molar-refractivity contribution in [3.63, 3.8) is 0 Å². The van der Waals surface area contributed by atoms with Crippen LogP contribution in [0.15, 0.2) is 22.8 Å². The largest absolute Gasteiger partial charge is 0.478 e. The van der Waals surface area contributed by atoms with E-state index < -0.39 is 5.97 Å². The Morgan fingerprint density at radius 2 is 1.95 bits per heavy atom. The third-order valence-corrected chi connectivity index (χ3v) is 6.42. The van der Waals surface area contributed by atoms with E-state index in [2.05, 4.69) is 27.7 Å². The maximum atomic E-state index is 10.8. The van der Waals surface area contributed by atoms with Crippen LogP contribution >= 0.6 is 0 Å². The molecular weight excluding hydrogens is 272 g/mol. The Morgan fingerprint density at radius 1 is 1.27 bits per heavy atom. The number of aliphatic carboxylic acids is 1. The third kappa shape index (κ3) is 3.31. The zero-order chi connectivity index (χ0) is 16.5. The first-order chi connectivity index (χ1) is 10.2. The highest BCUT2D eigenvalue weighted by Gasteiger charge is 2.43. The van der Waals surface area contributed by atoms with Gasteiger partial charge in [0.25, 0.3) is 0 Å². The van der Waals surface area contributed by atoms with Gasteiger partial charge in [-0.3, -0.25) is 0 Å². The number of hydrogen-bond acceptors (Lipinski definition) is 1. The fourth-order valence-corrected chi connectivity index (χ4v) is 4.65. The molecule has 0 aromatic rings. The molecule has 0 saturated heterocycles. The zero-order valence-electron chi connectivity index (χ0n) is 15.0. The molecule has 0 heterocycles. The van der Waals surface area contributed by atoms with Crippen LogP contribution in [0.1, 0.15) is 79.6 Å². The van der Waals surface area contributed by atoms with Gasteiger partial charge < -0.3 is 5.11 Å². The highest BCUT2D eigenvalue weighted by atomic mass is 16.4. The van der Waals surface area contributed by atoms with Gasteiger partial charge in [-0.2, -0.15) is 0 Å². The molecule has 0 spiro atoms. The molecule has 0 bridgehead atoms. The maximum Gasteiger partial charge on any atom is 0.328 e. The van der Waals surface area contributed by atoms with E-state index >= 15 is 0 Å². The van der Waals surface area contributed by atoms with Gasteiger partial charge in [0.1, 0.15) is 0 Å². The smallest absolute Gasteiger partial charge is 0.328 e. The number of rotatable bonds is 4. The molecule has 2 atom stereocenters. The fourth-order valence-electron chi connectivity index (χ4n) is 4.65. The number of carboxylic acid groups (broad SMARTS) is 1. The molecule has 1 N–H and O–H groups in total. The Balaban J connectivity index is 2.27. The molecule has 0 aromatic heterocycles. The van der Waals surface area contributed by atoms with Gasteiger partial charge >= 0.3 is 5.97 Å². The van der Waals surface area contributed by atoms with Crippen molar-refractivity contribution in [2.45, 2.75) is 79.6 Å². The second-order valence-corrected chi connectivity index (χ2v) is 8.38. The van der Waals surface area contributed by atoms with E-state index in [1.54, 1.807) is 11.1 Å². The number of hydrogen-bond donors (Lipinski definition) is 1. The van der Waals surface area contributed by atoms with Gasteiger partial charge in [0.15, 0.2) is 0 Å². The van der Waals surface area contributed by atoms with Crippen LogP contribution in [-0.2, 0) is 4.79 Å². The van der Waals surface area contributed by atoms with Crippen LogP contribution in [0.2, 0.25) is 0 Å². The second kappa shape index (κ2) is 6.22. The van der Waals surface area contributed by atoms with Gasteiger partial charge in [-0.1, -0.05) is 44.4 Å². The van der Waals surface area contributed by atoms with Gasteiger partial charge in [-0.05, 0) is 68.6 Å². The summed E-state index contributed by atoms with van der Waals surface area (Å²) >= 11 is 0. The van der Waals surface area contributed by atoms with E-state index in [1.165, 1.54) is 38.2 Å². The molecule has 0 amide bonds. The molecule has 0 saturated carbocycles. The van der Waals surface area contributed by atoms with Crippen LogP contribution in [0.3, 0.4) is 0 Å². The highest BCUT2D eigenvalue weighted by Crippen LogP contribution is 2.56. The predicted molar refractivity (Wildman–Crippen MR) is 91.8 cm³/mol. The molecular formula is C20H32O2. The molecule has 0 radical (unpaired) electrons. The Morgan fingerprint density at radius 3 is 2.59 bits per heavy atom. The maximum absolute atomic E-state index is 10.8. The lowest BCUT2D eigenvalue weighted by molar-refractivity contribution is -0.131. The van der Waals surface area contributed by atoms with E-state index in [9.17, 15) is 4.79 Å². The highest BCUT2D eigenvalue weighted by molar-refractivity contribution is 5.80. The summed E-state index contributed by atoms with van der Waals surface area (Å²) in [6.45, 7) is 11.6. The van der Waals surface area contributed by atoms with Crippen molar-refractivity contribution in [1.82, 2.24) is 0 Å². The van der Waals surface area contributed by atoms with Crippen molar-refractivity contribution < 1.29 is 9.90 Å². The first-order valence-electron chi connectivity index (χ1n) is 8.80. The van der Waals surface area contributed by atoms with Crippen molar-refractivity contribution >= 4 is 5.97 Å². The molecule has 2 unspecified atom stereocenters. The minimum atomic E-state index is -0.821. The summed E-state index contributed by atoms with van der Waals surface area (Å²) in [5.41, 5.74) is 5.04. The normalized spacial score (nSPS) is 31.9. The van der Waals surface area contributed by atoms with Crippen LogP contribution in [0.25, 0.3) is 0 Å². The molecule has 2 heteroatoms. The molecule has 0 aliphatic heterocycles. The van der Waals surface area contributed by atoms with Gasteiger partial charge in [0.2, 0.25) is 0 Å². The first-order valence-corrected chi connectivity index (χ1v) is 8.80. The van der Waals surface area contributed by atoms with Crippen LogP contribution in [0, 0.1) is 16.7 Å². The van der Waals surface area contributed by atoms with Gasteiger partial charge in [0, 0.05) is 6.08 Å². The summed E-state index contributed by atoms with van der Waals surface area (Å²) in [7, 11) is 0. The second-order valence-electron chi connectivity index (χ2n) is 8.38. The lowest BCUT2D eigenvalue weighted by Crippen LogP contribution is -2.37. The Hall–Kier alpha value is -1.05. The lowest BCUT2D eigenvalue weighted by Gasteiger charge is -2.50. The zero-order valence-corrected chi connectivity index (χ0v) is 15.0. The molecule has 2 rings (SSSR count). The minimum absolute atomic E-state index is 0.249. The SMILES string of the molecule is CC(=CC(=O)O)CCC1(C)C2=C(CCC1C)C(C)(C)CCC2. The fraction of sp³-hybridized carbons (Fsp3) is 0.750. The van der Waals surface area contributed by atoms with Crippen molar-refractivity contribution in [3.8, 4) is 0 Å². The third-order valence-electron chi connectivity index (χ3n) is 6.42. The van der Waals surface area contributed by atoms with E-state index in [1.807, 2.05) is 6.92 Å². The van der Waals surface area contributed by atoms with Crippen molar-refractivity contribution in [2.75, 3.05) is 0 Å². The average molecular weight is 304 g/mol. The first kappa shape index (κ1) is 17.3. The van der Waals surface area contributed by atoms with Gasteiger partial charge in [0.05, 0.1) is 0 Å². The predicted octanol–water partition coefficient (Wildman–Crippen LogP) is 5.74. The topological polar surface area (TPSA) is 37.3 Å². The molecule has 2 aliphatic rings. The van der Waals surface area contributed by atoms with Crippen LogP contribution < -0.4 is 0 Å². The molecule has 2 aliphatic carbocycles. The van der Waals surface area contributed by atoms with Crippen molar-refractivity contribution in [3.05, 3.63) is 22.8 Å². The van der Waals surface area contributed by atoms with Crippen LogP contribution in [0.4, 0.5) is 0 Å². The Bertz CT molecular complexity index is 510. The van der Waals surface area contributed by atoms with Crippen molar-refractivity contribution in [1.29, 1.82) is 0 Å². The summed E-state index contributed by atoms with van der Waals surface area (Å²) in [4.78, 5) is 10.8. The van der Waals surface area contributed by atoms with E-state index in [0.29, 0.717) is 11.3 Å². The quantitative estimate of drug-likeness (QED) is 0.531. The lowest BCUT2D eigenvalue weighted by atomic mass is 9.55. The van der Waals surface area contributed by atoms with Gasteiger partial charge in [-0.15, -0.1) is 0 Å². The Kier molecular flexibility index (Phi) is 4.89. The number of carboxylic acids is 1. The summed E-state index contributed by atoms with van der Waals surface area (Å²) in [6.07, 6.45) is 9.76. The average Bonchev–Trinajstić information content (AvgIpc) is 2.40.